The molecule has 0 aliphatic heterocycles. The Morgan fingerprint density at radius 2 is 1.63 bits per heavy atom. The summed E-state index contributed by atoms with van der Waals surface area (Å²) >= 11 is 0. The Morgan fingerprint density at radius 3 is 2.11 bits per heavy atom. The van der Waals surface area contributed by atoms with Gasteiger partial charge in [-0.05, 0) is 51.0 Å². The second-order valence-corrected chi connectivity index (χ2v) is 4.95. The van der Waals surface area contributed by atoms with Gasteiger partial charge in [0.05, 0.1) is 17.1 Å². The molecule has 0 amide bonds. The SMILES string of the molecule is Cc1ccc(C2CCCC2)nn1.Cc1cccnn1. The van der Waals surface area contributed by atoms with Crippen molar-refractivity contribution in [1.82, 2.24) is 20.4 Å². The molecular formula is C15H20N4. The molecule has 0 aromatic carbocycles. The summed E-state index contributed by atoms with van der Waals surface area (Å²) in [7, 11) is 0. The second kappa shape index (κ2) is 6.92. The van der Waals surface area contributed by atoms with Crippen LogP contribution in [0.25, 0.3) is 0 Å². The fraction of sp³-hybridized carbons (Fsp3) is 0.467. The highest BCUT2D eigenvalue weighted by molar-refractivity contribution is 5.11. The van der Waals surface area contributed by atoms with E-state index < -0.39 is 0 Å². The highest BCUT2D eigenvalue weighted by atomic mass is 15.1. The van der Waals surface area contributed by atoms with Gasteiger partial charge in [-0.15, -0.1) is 0 Å². The molecule has 2 aromatic rings. The van der Waals surface area contributed by atoms with E-state index in [1.807, 2.05) is 26.0 Å². The van der Waals surface area contributed by atoms with Crippen LogP contribution in [-0.2, 0) is 0 Å². The van der Waals surface area contributed by atoms with Crippen molar-refractivity contribution in [2.24, 2.45) is 0 Å². The molecular weight excluding hydrogens is 236 g/mol. The Hall–Kier alpha value is -1.84. The molecule has 4 nitrogen and oxygen atoms in total. The van der Waals surface area contributed by atoms with Crippen LogP contribution in [0.4, 0.5) is 0 Å². The average Bonchev–Trinajstić information content (AvgIpc) is 2.95. The van der Waals surface area contributed by atoms with Crippen LogP contribution in [0.2, 0.25) is 0 Å². The Bertz CT molecular complexity index is 475. The van der Waals surface area contributed by atoms with E-state index in [9.17, 15) is 0 Å². The first-order valence-electron chi connectivity index (χ1n) is 6.80. The highest BCUT2D eigenvalue weighted by Crippen LogP contribution is 2.32. The maximum absolute atomic E-state index is 4.21. The van der Waals surface area contributed by atoms with Crippen molar-refractivity contribution in [3.8, 4) is 0 Å². The lowest BCUT2D eigenvalue weighted by molar-refractivity contribution is 0.677. The van der Waals surface area contributed by atoms with E-state index in [-0.39, 0.29) is 0 Å². The molecule has 0 saturated heterocycles. The molecule has 2 heterocycles. The molecule has 1 fully saturated rings. The molecule has 0 atom stereocenters. The lowest BCUT2D eigenvalue weighted by Crippen LogP contribution is -1.98. The summed E-state index contributed by atoms with van der Waals surface area (Å²) < 4.78 is 0. The van der Waals surface area contributed by atoms with E-state index >= 15 is 0 Å². The lowest BCUT2D eigenvalue weighted by atomic mass is 10.0. The highest BCUT2D eigenvalue weighted by Gasteiger charge is 2.17. The predicted molar refractivity (Wildman–Crippen MR) is 74.7 cm³/mol. The van der Waals surface area contributed by atoms with Gasteiger partial charge in [-0.3, -0.25) is 0 Å². The van der Waals surface area contributed by atoms with Gasteiger partial charge in [0.15, 0.2) is 0 Å². The van der Waals surface area contributed by atoms with Crippen molar-refractivity contribution in [1.29, 1.82) is 0 Å². The summed E-state index contributed by atoms with van der Waals surface area (Å²) in [6.07, 6.45) is 6.99. The zero-order valence-corrected chi connectivity index (χ0v) is 11.6. The van der Waals surface area contributed by atoms with Crippen molar-refractivity contribution in [3.63, 3.8) is 0 Å². The first kappa shape index (κ1) is 13.6. The van der Waals surface area contributed by atoms with Crippen molar-refractivity contribution in [2.45, 2.75) is 45.4 Å². The maximum atomic E-state index is 4.21. The standard InChI is InChI=1S/C10H14N2.C5H6N2/c1-8-6-7-10(12-11-8)9-4-2-3-5-9;1-5-3-2-4-6-7-5/h6-7,9H,2-5H2,1H3;2-4H,1H3. The van der Waals surface area contributed by atoms with Gasteiger partial charge in [-0.25, -0.2) is 0 Å². The molecule has 100 valence electrons. The third kappa shape index (κ3) is 4.39. The summed E-state index contributed by atoms with van der Waals surface area (Å²) in [5, 5.41) is 15.6. The van der Waals surface area contributed by atoms with E-state index in [2.05, 4.69) is 32.5 Å². The summed E-state index contributed by atoms with van der Waals surface area (Å²) in [4.78, 5) is 0. The van der Waals surface area contributed by atoms with Crippen LogP contribution in [0.5, 0.6) is 0 Å². The smallest absolute Gasteiger partial charge is 0.0662 e. The van der Waals surface area contributed by atoms with Gasteiger partial charge in [0.2, 0.25) is 0 Å². The molecule has 0 radical (unpaired) electrons. The van der Waals surface area contributed by atoms with Gasteiger partial charge >= 0.3 is 0 Å². The summed E-state index contributed by atoms with van der Waals surface area (Å²) in [5.41, 5.74) is 3.16. The summed E-state index contributed by atoms with van der Waals surface area (Å²) in [5.74, 6) is 0.693. The number of nitrogens with zero attached hydrogens (tertiary/aromatic N) is 4. The molecule has 3 rings (SSSR count). The van der Waals surface area contributed by atoms with E-state index in [1.54, 1.807) is 6.20 Å². The maximum Gasteiger partial charge on any atom is 0.0662 e. The first-order chi connectivity index (χ1) is 9.25. The lowest BCUT2D eigenvalue weighted by Gasteiger charge is -2.06. The van der Waals surface area contributed by atoms with Gasteiger partial charge < -0.3 is 0 Å². The molecule has 0 bridgehead atoms. The summed E-state index contributed by atoms with van der Waals surface area (Å²) in [6.45, 7) is 3.89. The molecule has 0 spiro atoms. The zero-order chi connectivity index (χ0) is 13.5. The fourth-order valence-electron chi connectivity index (χ4n) is 2.23. The first-order valence-corrected chi connectivity index (χ1v) is 6.80. The van der Waals surface area contributed by atoms with Crippen LogP contribution in [0.3, 0.4) is 0 Å². The van der Waals surface area contributed by atoms with Gasteiger partial charge in [0.1, 0.15) is 0 Å². The fourth-order valence-corrected chi connectivity index (χ4v) is 2.23. The molecule has 0 N–H and O–H groups in total. The van der Waals surface area contributed by atoms with Crippen LogP contribution >= 0.6 is 0 Å². The van der Waals surface area contributed by atoms with E-state index in [0.29, 0.717) is 5.92 Å². The molecule has 1 aliphatic rings. The zero-order valence-electron chi connectivity index (χ0n) is 11.6. The van der Waals surface area contributed by atoms with Gasteiger partial charge in [-0.1, -0.05) is 12.8 Å². The number of aromatic nitrogens is 4. The molecule has 19 heavy (non-hydrogen) atoms. The van der Waals surface area contributed by atoms with E-state index in [1.165, 1.54) is 31.4 Å². The van der Waals surface area contributed by atoms with Crippen molar-refractivity contribution in [3.05, 3.63) is 47.5 Å². The molecule has 1 aliphatic carbocycles. The van der Waals surface area contributed by atoms with E-state index in [0.717, 1.165) is 11.4 Å². The van der Waals surface area contributed by atoms with Crippen LogP contribution in [-0.4, -0.2) is 20.4 Å². The van der Waals surface area contributed by atoms with Crippen LogP contribution in [0.1, 0.15) is 48.7 Å². The Morgan fingerprint density at radius 1 is 0.895 bits per heavy atom. The normalized spacial score (nSPS) is 14.8. The molecule has 2 aromatic heterocycles. The quantitative estimate of drug-likeness (QED) is 0.786. The number of rotatable bonds is 1. The van der Waals surface area contributed by atoms with Gasteiger partial charge in [-0.2, -0.15) is 20.4 Å². The van der Waals surface area contributed by atoms with Crippen molar-refractivity contribution in [2.75, 3.05) is 0 Å². The third-order valence-corrected chi connectivity index (χ3v) is 3.30. The third-order valence-electron chi connectivity index (χ3n) is 3.30. The monoisotopic (exact) mass is 256 g/mol. The minimum Gasteiger partial charge on any atom is -0.159 e. The predicted octanol–water partition coefficient (Wildman–Crippen LogP) is 3.23. The minimum atomic E-state index is 0.693. The van der Waals surface area contributed by atoms with Crippen LogP contribution in [0, 0.1) is 13.8 Å². The molecule has 1 saturated carbocycles. The number of hydrogen-bond acceptors (Lipinski definition) is 4. The Kier molecular flexibility index (Phi) is 4.95. The topological polar surface area (TPSA) is 51.6 Å². The van der Waals surface area contributed by atoms with Crippen molar-refractivity contribution >= 4 is 0 Å². The van der Waals surface area contributed by atoms with Gasteiger partial charge in [0, 0.05) is 12.1 Å². The molecule has 4 heteroatoms. The van der Waals surface area contributed by atoms with Crippen LogP contribution in [0.15, 0.2) is 30.5 Å². The second-order valence-electron chi connectivity index (χ2n) is 4.95. The molecule has 0 unspecified atom stereocenters. The van der Waals surface area contributed by atoms with Crippen molar-refractivity contribution < 1.29 is 0 Å². The van der Waals surface area contributed by atoms with Gasteiger partial charge in [0.25, 0.3) is 0 Å². The van der Waals surface area contributed by atoms with Crippen LogP contribution < -0.4 is 0 Å². The summed E-state index contributed by atoms with van der Waals surface area (Å²) in [6, 6.07) is 7.95. The average molecular weight is 256 g/mol. The number of aryl methyl sites for hydroxylation is 2. The largest absolute Gasteiger partial charge is 0.159 e. The number of hydrogen-bond donors (Lipinski definition) is 0. The van der Waals surface area contributed by atoms with E-state index in [4.69, 9.17) is 0 Å². The Labute approximate surface area is 114 Å². The Balaban J connectivity index is 0.000000163. The minimum absolute atomic E-state index is 0.693.